The number of halogens is 2. The van der Waals surface area contributed by atoms with E-state index in [9.17, 15) is 0 Å². The minimum absolute atomic E-state index is 0.395. The molecule has 2 aromatic carbocycles. The van der Waals surface area contributed by atoms with Crippen LogP contribution in [0.15, 0.2) is 35.3 Å². The van der Waals surface area contributed by atoms with Crippen molar-refractivity contribution in [3.8, 4) is 10.9 Å². The molecule has 30 heavy (non-hydrogen) atoms. The second-order valence-corrected chi connectivity index (χ2v) is 8.96. The van der Waals surface area contributed by atoms with E-state index in [2.05, 4.69) is 33.1 Å². The van der Waals surface area contributed by atoms with Crippen molar-refractivity contribution in [2.45, 2.75) is 40.2 Å². The van der Waals surface area contributed by atoms with Crippen LogP contribution in [0.25, 0.3) is 0 Å². The van der Waals surface area contributed by atoms with Crippen molar-refractivity contribution in [2.24, 2.45) is 4.99 Å². The van der Waals surface area contributed by atoms with Crippen LogP contribution in [0.2, 0.25) is 10.0 Å². The lowest BCUT2D eigenvalue weighted by Crippen LogP contribution is -2.24. The molecule has 158 valence electrons. The van der Waals surface area contributed by atoms with E-state index >= 15 is 0 Å². The Morgan fingerprint density at radius 1 is 1.17 bits per heavy atom. The predicted molar refractivity (Wildman–Crippen MR) is 126 cm³/mol. The van der Waals surface area contributed by atoms with Crippen molar-refractivity contribution in [1.82, 2.24) is 14.3 Å². The Labute approximate surface area is 191 Å². The van der Waals surface area contributed by atoms with Crippen molar-refractivity contribution in [3.63, 3.8) is 0 Å². The zero-order chi connectivity index (χ0) is 21.8. The third-order valence-electron chi connectivity index (χ3n) is 4.70. The fourth-order valence-electron chi connectivity index (χ4n) is 2.59. The summed E-state index contributed by atoms with van der Waals surface area (Å²) in [5.74, 6) is 1.41. The molecule has 0 aliphatic heterocycles. The van der Waals surface area contributed by atoms with Crippen molar-refractivity contribution >= 4 is 46.8 Å². The average Bonchev–Trinajstić information content (AvgIpc) is 3.12. The van der Waals surface area contributed by atoms with Crippen molar-refractivity contribution in [1.29, 1.82) is 0 Å². The summed E-state index contributed by atoms with van der Waals surface area (Å²) in [6, 6.07) is 9.81. The summed E-state index contributed by atoms with van der Waals surface area (Å²) in [5, 5.41) is 1.70. The Morgan fingerprint density at radius 3 is 2.63 bits per heavy atom. The van der Waals surface area contributed by atoms with E-state index in [4.69, 9.17) is 27.9 Å². The summed E-state index contributed by atoms with van der Waals surface area (Å²) < 4.78 is 10.4. The van der Waals surface area contributed by atoms with Crippen molar-refractivity contribution in [3.05, 3.63) is 62.9 Å². The van der Waals surface area contributed by atoms with Crippen molar-refractivity contribution in [2.75, 3.05) is 7.05 Å². The van der Waals surface area contributed by atoms with Gasteiger partial charge in [0.05, 0.1) is 12.0 Å². The van der Waals surface area contributed by atoms with Gasteiger partial charge < -0.3 is 9.64 Å². The fourth-order valence-corrected chi connectivity index (χ4v) is 3.63. The van der Waals surface area contributed by atoms with Gasteiger partial charge >= 0.3 is 0 Å². The van der Waals surface area contributed by atoms with E-state index in [1.165, 1.54) is 11.5 Å². The van der Waals surface area contributed by atoms with Gasteiger partial charge in [0, 0.05) is 41.1 Å². The quantitative estimate of drug-likeness (QED) is 0.284. The number of hydrogen-bond acceptors (Lipinski definition) is 5. The molecule has 0 N–H and O–H groups in total. The first-order chi connectivity index (χ1) is 14.2. The number of aliphatic imine (C=N–C) groups is 1. The number of benzene rings is 2. The van der Waals surface area contributed by atoms with Gasteiger partial charge in [-0.15, -0.1) is 0 Å². The number of ether oxygens (including phenoxy) is 1. The van der Waals surface area contributed by atoms with Gasteiger partial charge in [-0.25, -0.2) is 4.99 Å². The van der Waals surface area contributed by atoms with Gasteiger partial charge in [0.2, 0.25) is 0 Å². The molecule has 5 nitrogen and oxygen atoms in total. The molecule has 0 radical (unpaired) electrons. The minimum Gasteiger partial charge on any atom is -0.430 e. The Kier molecular flexibility index (Phi) is 7.34. The number of nitrogens with zero attached hydrogens (tertiary/aromatic N) is 4. The predicted octanol–water partition coefficient (Wildman–Crippen LogP) is 6.84. The smallest absolute Gasteiger partial charge is 0.298 e. The number of aryl methyl sites for hydroxylation is 2. The van der Waals surface area contributed by atoms with Crippen LogP contribution < -0.4 is 4.74 Å². The van der Waals surface area contributed by atoms with Gasteiger partial charge in [0.25, 0.3) is 5.19 Å². The van der Waals surface area contributed by atoms with Crippen LogP contribution in [-0.4, -0.2) is 33.7 Å². The molecular formula is C22H24Cl2N4OS. The van der Waals surface area contributed by atoms with Crippen LogP contribution >= 0.6 is 34.7 Å². The zero-order valence-electron chi connectivity index (χ0n) is 17.6. The molecule has 0 fully saturated rings. The second kappa shape index (κ2) is 9.77. The molecule has 0 unspecified atom stereocenters. The van der Waals surface area contributed by atoms with Crippen LogP contribution in [0.5, 0.6) is 10.9 Å². The highest BCUT2D eigenvalue weighted by molar-refractivity contribution is 7.07. The maximum absolute atomic E-state index is 6.25. The van der Waals surface area contributed by atoms with E-state index in [0.717, 1.165) is 28.1 Å². The molecule has 0 atom stereocenters. The second-order valence-electron chi connectivity index (χ2n) is 7.40. The summed E-state index contributed by atoms with van der Waals surface area (Å²) in [4.78, 5) is 11.2. The molecule has 0 saturated carbocycles. The molecule has 0 bridgehead atoms. The summed E-state index contributed by atoms with van der Waals surface area (Å²) >= 11 is 13.4. The highest BCUT2D eigenvalue weighted by Gasteiger charge is 2.12. The number of hydrogen-bond donors (Lipinski definition) is 0. The topological polar surface area (TPSA) is 50.6 Å². The first-order valence-corrected chi connectivity index (χ1v) is 11.1. The van der Waals surface area contributed by atoms with Gasteiger partial charge in [0.15, 0.2) is 5.82 Å². The normalized spacial score (nSPS) is 11.5. The first kappa shape index (κ1) is 22.5. The zero-order valence-corrected chi connectivity index (χ0v) is 19.9. The Balaban J connectivity index is 1.73. The van der Waals surface area contributed by atoms with Crippen molar-refractivity contribution < 1.29 is 4.74 Å². The average molecular weight is 463 g/mol. The molecule has 0 aliphatic rings. The lowest BCUT2D eigenvalue weighted by atomic mass is 10.1. The number of aromatic nitrogens is 2. The van der Waals surface area contributed by atoms with Crippen LogP contribution in [0.3, 0.4) is 0 Å². The summed E-state index contributed by atoms with van der Waals surface area (Å²) in [6.07, 6.45) is 2.37. The van der Waals surface area contributed by atoms with Gasteiger partial charge in [-0.2, -0.15) is 9.36 Å². The summed E-state index contributed by atoms with van der Waals surface area (Å²) in [7, 11) is 2.01. The van der Waals surface area contributed by atoms with Crippen LogP contribution in [-0.2, 0) is 6.42 Å². The fraction of sp³-hybridized carbons (Fsp3) is 0.318. The maximum atomic E-state index is 6.25. The monoisotopic (exact) mass is 462 g/mol. The van der Waals surface area contributed by atoms with Gasteiger partial charge in [-0.1, -0.05) is 29.3 Å². The minimum atomic E-state index is 0.395. The molecule has 0 amide bonds. The molecule has 3 aromatic rings. The largest absolute Gasteiger partial charge is 0.430 e. The summed E-state index contributed by atoms with van der Waals surface area (Å²) in [6.45, 7) is 8.26. The molecule has 0 spiro atoms. The van der Waals surface area contributed by atoms with Crippen LogP contribution in [0.4, 0.5) is 5.69 Å². The van der Waals surface area contributed by atoms with E-state index in [1.54, 1.807) is 6.07 Å². The molecule has 8 heteroatoms. The van der Waals surface area contributed by atoms with Gasteiger partial charge in [0.1, 0.15) is 5.75 Å². The van der Waals surface area contributed by atoms with Crippen LogP contribution in [0.1, 0.15) is 36.4 Å². The Bertz CT molecular complexity index is 1070. The third kappa shape index (κ3) is 5.72. The molecule has 0 aliphatic carbocycles. The maximum Gasteiger partial charge on any atom is 0.298 e. The molecule has 3 rings (SSSR count). The molecule has 0 saturated heterocycles. The molecule has 1 heterocycles. The van der Waals surface area contributed by atoms with E-state index in [1.807, 2.05) is 51.5 Å². The summed E-state index contributed by atoms with van der Waals surface area (Å²) in [5.41, 5.74) is 3.85. The van der Waals surface area contributed by atoms with E-state index in [-0.39, 0.29) is 0 Å². The number of rotatable bonds is 7. The van der Waals surface area contributed by atoms with E-state index < -0.39 is 0 Å². The van der Waals surface area contributed by atoms with E-state index in [0.29, 0.717) is 33.5 Å². The van der Waals surface area contributed by atoms with Crippen LogP contribution in [0, 0.1) is 13.8 Å². The molecule has 1 aromatic heterocycles. The third-order valence-corrected chi connectivity index (χ3v) is 5.92. The Hall–Kier alpha value is -2.15. The highest BCUT2D eigenvalue weighted by Crippen LogP contribution is 2.32. The SMILES string of the molecule is Cc1cc(Oc2nc(Cc3ccc(Cl)cc3Cl)ns2)c(C)cc1/N=C\N(C)C(C)C. The molecular weight excluding hydrogens is 439 g/mol. The van der Waals surface area contributed by atoms with Gasteiger partial charge in [-0.3, -0.25) is 0 Å². The first-order valence-electron chi connectivity index (χ1n) is 9.54. The standard InChI is InChI=1S/C22H24Cl2N4OS/c1-13(2)28(5)12-25-19-8-15(4)20(9-14(19)3)29-22-26-21(27-30-22)10-16-6-7-17(23)11-18(16)24/h6-9,11-13H,10H2,1-5H3/b25-12-. The highest BCUT2D eigenvalue weighted by atomic mass is 35.5. The lowest BCUT2D eigenvalue weighted by Gasteiger charge is -2.17. The lowest BCUT2D eigenvalue weighted by molar-refractivity contribution is 0.429. The van der Waals surface area contributed by atoms with Gasteiger partial charge in [-0.05, 0) is 68.7 Å². The Morgan fingerprint density at radius 2 is 1.93 bits per heavy atom.